The highest BCUT2D eigenvalue weighted by atomic mass is 16.3. The third-order valence-corrected chi connectivity index (χ3v) is 6.58. The van der Waals surface area contributed by atoms with Crippen molar-refractivity contribution in [2.45, 2.75) is 83.3 Å². The van der Waals surface area contributed by atoms with Crippen molar-refractivity contribution in [1.82, 2.24) is 0 Å². The molecule has 0 amide bonds. The van der Waals surface area contributed by atoms with E-state index in [1.54, 1.807) is 0 Å². The molecule has 0 spiro atoms. The Hall–Kier alpha value is -0.850. The summed E-state index contributed by atoms with van der Waals surface area (Å²) in [7, 11) is 0. The van der Waals surface area contributed by atoms with Gasteiger partial charge in [-0.15, -0.1) is 0 Å². The first-order valence-electron chi connectivity index (χ1n) is 10.0. The van der Waals surface area contributed by atoms with E-state index in [0.29, 0.717) is 18.1 Å². The molecule has 0 aromatic heterocycles. The number of fused-ring (bicyclic) bond motifs is 1. The Morgan fingerprint density at radius 2 is 1.96 bits per heavy atom. The number of aliphatic hydroxyl groups is 2. The van der Waals surface area contributed by atoms with E-state index >= 15 is 0 Å². The second kappa shape index (κ2) is 8.02. The Kier molecular flexibility index (Phi) is 6.00. The van der Waals surface area contributed by atoms with Crippen LogP contribution < -0.4 is 0 Å². The number of hydrogen-bond donors (Lipinski definition) is 2. The van der Waals surface area contributed by atoms with Crippen molar-refractivity contribution in [2.24, 2.45) is 29.6 Å². The van der Waals surface area contributed by atoms with Gasteiger partial charge >= 0.3 is 0 Å². The van der Waals surface area contributed by atoms with Crippen LogP contribution in [0.5, 0.6) is 0 Å². The summed E-state index contributed by atoms with van der Waals surface area (Å²) in [4.78, 5) is 12.3. The zero-order valence-corrected chi connectivity index (χ0v) is 14.9. The highest BCUT2D eigenvalue weighted by molar-refractivity contribution is 5.90. The van der Waals surface area contributed by atoms with Crippen molar-refractivity contribution >= 4 is 5.78 Å². The van der Waals surface area contributed by atoms with Crippen molar-refractivity contribution in [3.63, 3.8) is 0 Å². The first-order chi connectivity index (χ1) is 11.6. The monoisotopic (exact) mass is 332 g/mol. The second-order valence-corrected chi connectivity index (χ2v) is 8.20. The van der Waals surface area contributed by atoms with E-state index in [1.807, 2.05) is 0 Å². The van der Waals surface area contributed by atoms with Crippen LogP contribution in [0.2, 0.25) is 0 Å². The van der Waals surface area contributed by atoms with Crippen LogP contribution in [0.25, 0.3) is 0 Å². The van der Waals surface area contributed by atoms with Crippen LogP contribution in [0.15, 0.2) is 0 Å². The summed E-state index contributed by atoms with van der Waals surface area (Å²) in [6, 6.07) is 0. The molecule has 0 aromatic carbocycles. The fraction of sp³-hybridized carbons (Fsp3) is 0.857. The Labute approximate surface area is 146 Å². The molecule has 3 aliphatic rings. The van der Waals surface area contributed by atoms with Gasteiger partial charge < -0.3 is 10.2 Å². The summed E-state index contributed by atoms with van der Waals surface area (Å²) in [6.45, 7) is 2.15. The quantitative estimate of drug-likeness (QED) is 0.759. The molecule has 3 fully saturated rings. The first kappa shape index (κ1) is 18.0. The lowest BCUT2D eigenvalue weighted by atomic mass is 9.52. The van der Waals surface area contributed by atoms with Crippen LogP contribution in [0.4, 0.5) is 0 Å². The van der Waals surface area contributed by atoms with E-state index < -0.39 is 12.2 Å². The molecule has 6 atom stereocenters. The molecular formula is C21H32O3. The minimum Gasteiger partial charge on any atom is -0.392 e. The number of carbonyl (C=O) groups excluding carboxylic acids is 1. The lowest BCUT2D eigenvalue weighted by molar-refractivity contribution is -0.154. The average molecular weight is 332 g/mol. The van der Waals surface area contributed by atoms with Gasteiger partial charge in [0.15, 0.2) is 0 Å². The highest BCUT2D eigenvalue weighted by Gasteiger charge is 2.55. The van der Waals surface area contributed by atoms with Gasteiger partial charge in [-0.25, -0.2) is 0 Å². The maximum atomic E-state index is 12.3. The summed E-state index contributed by atoms with van der Waals surface area (Å²) in [6.07, 6.45) is 9.32. The van der Waals surface area contributed by atoms with Crippen LogP contribution in [-0.4, -0.2) is 28.2 Å². The summed E-state index contributed by atoms with van der Waals surface area (Å²) >= 11 is 0. The number of carbonyl (C=O) groups is 1. The van der Waals surface area contributed by atoms with E-state index in [4.69, 9.17) is 0 Å². The molecule has 0 radical (unpaired) electrons. The molecule has 3 aliphatic carbocycles. The summed E-state index contributed by atoms with van der Waals surface area (Å²) in [5.74, 6) is 7.54. The van der Waals surface area contributed by atoms with E-state index in [-0.39, 0.29) is 23.7 Å². The van der Waals surface area contributed by atoms with Crippen LogP contribution in [0, 0.1) is 41.4 Å². The SMILES string of the molecule is CCCCC1C(=O)[C@@H]2CC[C@H](O)[C@@H](C#C[C@@H](O)CC3CCCC3)[C@H]12. The minimum absolute atomic E-state index is 0.0937. The molecule has 3 heteroatoms. The molecule has 0 aromatic rings. The average Bonchev–Trinajstić information content (AvgIpc) is 3.06. The van der Waals surface area contributed by atoms with Gasteiger partial charge in [0.25, 0.3) is 0 Å². The van der Waals surface area contributed by atoms with Crippen LogP contribution in [0.1, 0.15) is 71.1 Å². The molecule has 3 nitrogen and oxygen atoms in total. The van der Waals surface area contributed by atoms with Gasteiger partial charge in [-0.1, -0.05) is 57.3 Å². The molecule has 0 saturated heterocycles. The Bertz CT molecular complexity index is 497. The molecule has 134 valence electrons. The largest absolute Gasteiger partial charge is 0.392 e. The number of Topliss-reactive ketones (excluding diaryl/α,β-unsaturated/α-hetero) is 1. The minimum atomic E-state index is -0.578. The third kappa shape index (κ3) is 3.70. The lowest BCUT2D eigenvalue weighted by Crippen LogP contribution is -2.56. The zero-order valence-electron chi connectivity index (χ0n) is 14.9. The van der Waals surface area contributed by atoms with Crippen molar-refractivity contribution in [1.29, 1.82) is 0 Å². The molecule has 24 heavy (non-hydrogen) atoms. The number of aliphatic hydroxyl groups excluding tert-OH is 2. The number of ketones is 1. The zero-order chi connectivity index (χ0) is 17.1. The fourth-order valence-corrected chi connectivity index (χ4v) is 5.20. The van der Waals surface area contributed by atoms with Crippen molar-refractivity contribution in [3.05, 3.63) is 0 Å². The van der Waals surface area contributed by atoms with Crippen LogP contribution >= 0.6 is 0 Å². The smallest absolute Gasteiger partial charge is 0.139 e. The lowest BCUT2D eigenvalue weighted by Gasteiger charge is -2.50. The number of unbranched alkanes of at least 4 members (excludes halogenated alkanes) is 1. The molecule has 1 unspecified atom stereocenters. The summed E-state index contributed by atoms with van der Waals surface area (Å²) in [5.41, 5.74) is 0. The van der Waals surface area contributed by atoms with E-state index in [2.05, 4.69) is 18.8 Å². The predicted molar refractivity (Wildman–Crippen MR) is 94.1 cm³/mol. The van der Waals surface area contributed by atoms with E-state index in [1.165, 1.54) is 25.7 Å². The van der Waals surface area contributed by atoms with Crippen LogP contribution in [0.3, 0.4) is 0 Å². The summed E-state index contributed by atoms with van der Waals surface area (Å²) < 4.78 is 0. The van der Waals surface area contributed by atoms with Gasteiger partial charge in [-0.05, 0) is 37.5 Å². The molecule has 3 rings (SSSR count). The first-order valence-corrected chi connectivity index (χ1v) is 10.0. The van der Waals surface area contributed by atoms with Gasteiger partial charge in [0, 0.05) is 11.8 Å². The van der Waals surface area contributed by atoms with Crippen molar-refractivity contribution in [2.75, 3.05) is 0 Å². The Morgan fingerprint density at radius 1 is 1.21 bits per heavy atom. The topological polar surface area (TPSA) is 57.5 Å². The maximum absolute atomic E-state index is 12.3. The molecule has 3 saturated carbocycles. The normalized spacial score (nSPS) is 37.3. The second-order valence-electron chi connectivity index (χ2n) is 8.20. The standard InChI is InChI=1S/C21H32O3/c1-2-3-8-17-20-16(19(23)12-11-18(20)21(17)24)10-9-15(22)13-14-6-4-5-7-14/h14-20,22-23H,2-8,11-13H2,1H3/t15-,16-,17?,18-,19+,20-/m1/s1. The molecule has 0 aliphatic heterocycles. The summed E-state index contributed by atoms with van der Waals surface area (Å²) in [5, 5.41) is 20.7. The third-order valence-electron chi connectivity index (χ3n) is 6.58. The number of hydrogen-bond acceptors (Lipinski definition) is 3. The van der Waals surface area contributed by atoms with Crippen molar-refractivity contribution < 1.29 is 15.0 Å². The van der Waals surface area contributed by atoms with Gasteiger partial charge in [0.05, 0.1) is 12.0 Å². The highest BCUT2D eigenvalue weighted by Crippen LogP contribution is 2.51. The van der Waals surface area contributed by atoms with Gasteiger partial charge in [0.2, 0.25) is 0 Å². The molecular weight excluding hydrogens is 300 g/mol. The maximum Gasteiger partial charge on any atom is 0.139 e. The molecule has 0 heterocycles. The molecule has 2 N–H and O–H groups in total. The van der Waals surface area contributed by atoms with Gasteiger partial charge in [-0.3, -0.25) is 4.79 Å². The Morgan fingerprint density at radius 3 is 2.67 bits per heavy atom. The fourth-order valence-electron chi connectivity index (χ4n) is 5.20. The van der Waals surface area contributed by atoms with Crippen LogP contribution in [-0.2, 0) is 4.79 Å². The van der Waals surface area contributed by atoms with E-state index in [9.17, 15) is 15.0 Å². The van der Waals surface area contributed by atoms with Gasteiger partial charge in [-0.2, -0.15) is 0 Å². The van der Waals surface area contributed by atoms with Crippen molar-refractivity contribution in [3.8, 4) is 11.8 Å². The molecule has 0 bridgehead atoms. The van der Waals surface area contributed by atoms with Gasteiger partial charge in [0.1, 0.15) is 11.9 Å². The predicted octanol–water partition coefficient (Wildman–Crippen LogP) is 3.32. The van der Waals surface area contributed by atoms with E-state index in [0.717, 1.165) is 32.1 Å². The Balaban J connectivity index is 1.63. The number of rotatable bonds is 5.